The summed E-state index contributed by atoms with van der Waals surface area (Å²) in [5.74, 6) is 0.532. The first-order valence-electron chi connectivity index (χ1n) is 9.03. The number of nitrogens with zero attached hydrogens (tertiary/aromatic N) is 1. The van der Waals surface area contributed by atoms with E-state index >= 15 is 0 Å². The number of aliphatic imine (C=N–C) groups is 1. The van der Waals surface area contributed by atoms with E-state index in [0.717, 1.165) is 24.9 Å². The molecular formula is C19H30FIN4O. The molecule has 0 saturated heterocycles. The van der Waals surface area contributed by atoms with E-state index in [1.807, 2.05) is 32.9 Å². The van der Waals surface area contributed by atoms with E-state index in [1.165, 1.54) is 6.07 Å². The highest BCUT2D eigenvalue weighted by Gasteiger charge is 2.45. The van der Waals surface area contributed by atoms with Crippen molar-refractivity contribution in [2.45, 2.75) is 51.5 Å². The van der Waals surface area contributed by atoms with Crippen LogP contribution >= 0.6 is 24.0 Å². The van der Waals surface area contributed by atoms with Crippen molar-refractivity contribution in [1.82, 2.24) is 16.0 Å². The molecule has 26 heavy (non-hydrogen) atoms. The van der Waals surface area contributed by atoms with Crippen LogP contribution in [0.2, 0.25) is 0 Å². The molecule has 0 radical (unpaired) electrons. The van der Waals surface area contributed by atoms with Crippen molar-refractivity contribution < 1.29 is 9.18 Å². The zero-order valence-electron chi connectivity index (χ0n) is 15.8. The number of carbonyl (C=O) groups is 1. The Morgan fingerprint density at radius 1 is 1.27 bits per heavy atom. The molecule has 1 amide bonds. The van der Waals surface area contributed by atoms with Crippen LogP contribution in [0.15, 0.2) is 29.3 Å². The van der Waals surface area contributed by atoms with Crippen LogP contribution < -0.4 is 16.0 Å². The van der Waals surface area contributed by atoms with Crippen molar-refractivity contribution in [2.75, 3.05) is 19.6 Å². The van der Waals surface area contributed by atoms with Crippen LogP contribution in [0.1, 0.15) is 45.6 Å². The van der Waals surface area contributed by atoms with Crippen LogP contribution in [0.3, 0.4) is 0 Å². The number of carbonyl (C=O) groups excluding carboxylic acids is 1. The molecule has 1 aromatic rings. The number of nitrogens with one attached hydrogen (secondary N) is 3. The molecule has 0 atom stereocenters. The zero-order valence-corrected chi connectivity index (χ0v) is 18.1. The van der Waals surface area contributed by atoms with E-state index in [0.29, 0.717) is 25.5 Å². The molecule has 1 aliphatic carbocycles. The van der Waals surface area contributed by atoms with Gasteiger partial charge in [0.25, 0.3) is 0 Å². The monoisotopic (exact) mass is 476 g/mol. The SMILES string of the molecule is CCNC(=NCC1(c2ccccc2F)CC1)NCCC(=O)NC(C)C.I. The summed E-state index contributed by atoms with van der Waals surface area (Å²) in [5, 5.41) is 9.21. The predicted molar refractivity (Wildman–Crippen MR) is 115 cm³/mol. The summed E-state index contributed by atoms with van der Waals surface area (Å²) in [5.41, 5.74) is 0.578. The molecule has 146 valence electrons. The molecule has 7 heteroatoms. The Bertz CT molecular complexity index is 617. The van der Waals surface area contributed by atoms with E-state index in [-0.39, 0.29) is 47.2 Å². The van der Waals surface area contributed by atoms with Gasteiger partial charge < -0.3 is 16.0 Å². The second-order valence-electron chi connectivity index (χ2n) is 6.85. The second kappa shape index (κ2) is 10.7. The molecule has 0 aromatic heterocycles. The first-order chi connectivity index (χ1) is 12.0. The van der Waals surface area contributed by atoms with Crippen molar-refractivity contribution in [3.8, 4) is 0 Å². The van der Waals surface area contributed by atoms with Gasteiger partial charge in [-0.05, 0) is 45.2 Å². The van der Waals surface area contributed by atoms with Gasteiger partial charge in [0.1, 0.15) is 5.82 Å². The minimum Gasteiger partial charge on any atom is -0.357 e. The first kappa shape index (κ1) is 22.7. The fourth-order valence-corrected chi connectivity index (χ4v) is 2.82. The van der Waals surface area contributed by atoms with Gasteiger partial charge in [-0.2, -0.15) is 0 Å². The summed E-state index contributed by atoms with van der Waals surface area (Å²) >= 11 is 0. The van der Waals surface area contributed by atoms with Gasteiger partial charge in [-0.1, -0.05) is 18.2 Å². The standard InChI is InChI=1S/C19H29FN4O.HI/c1-4-21-18(22-12-9-17(25)24-14(2)3)23-13-19(10-11-19)15-7-5-6-8-16(15)20;/h5-8,14H,4,9-13H2,1-3H3,(H,24,25)(H2,21,22,23);1H. The summed E-state index contributed by atoms with van der Waals surface area (Å²) in [7, 11) is 0. The molecular weight excluding hydrogens is 446 g/mol. The maximum absolute atomic E-state index is 14.1. The van der Waals surface area contributed by atoms with Crippen molar-refractivity contribution in [2.24, 2.45) is 4.99 Å². The van der Waals surface area contributed by atoms with Gasteiger partial charge in [0, 0.05) is 31.0 Å². The summed E-state index contributed by atoms with van der Waals surface area (Å²) in [6.07, 6.45) is 2.29. The molecule has 0 heterocycles. The topological polar surface area (TPSA) is 65.5 Å². The molecule has 3 N–H and O–H groups in total. The van der Waals surface area contributed by atoms with E-state index < -0.39 is 0 Å². The molecule has 1 saturated carbocycles. The lowest BCUT2D eigenvalue weighted by Crippen LogP contribution is -2.40. The number of benzene rings is 1. The van der Waals surface area contributed by atoms with Gasteiger partial charge in [-0.25, -0.2) is 4.39 Å². The fourth-order valence-electron chi connectivity index (χ4n) is 2.82. The van der Waals surface area contributed by atoms with Gasteiger partial charge in [0.05, 0.1) is 6.54 Å². The number of guanidine groups is 1. The van der Waals surface area contributed by atoms with Crippen molar-refractivity contribution >= 4 is 35.8 Å². The highest BCUT2D eigenvalue weighted by molar-refractivity contribution is 14.0. The smallest absolute Gasteiger partial charge is 0.221 e. The van der Waals surface area contributed by atoms with Gasteiger partial charge in [0.2, 0.25) is 5.91 Å². The zero-order chi connectivity index (χ0) is 18.3. The molecule has 0 unspecified atom stereocenters. The van der Waals surface area contributed by atoms with E-state index in [4.69, 9.17) is 0 Å². The Hall–Kier alpha value is -1.38. The lowest BCUT2D eigenvalue weighted by Gasteiger charge is -2.16. The summed E-state index contributed by atoms with van der Waals surface area (Å²) < 4.78 is 14.1. The van der Waals surface area contributed by atoms with Crippen LogP contribution in [0.4, 0.5) is 4.39 Å². The van der Waals surface area contributed by atoms with Crippen LogP contribution in [0, 0.1) is 5.82 Å². The summed E-state index contributed by atoms with van der Waals surface area (Å²) in [6.45, 7) is 7.66. The minimum atomic E-state index is -0.178. The fraction of sp³-hybridized carbons (Fsp3) is 0.579. The Labute approximate surface area is 172 Å². The highest BCUT2D eigenvalue weighted by Crippen LogP contribution is 2.49. The Kier molecular flexibility index (Phi) is 9.32. The maximum Gasteiger partial charge on any atom is 0.221 e. The number of halogens is 2. The molecule has 2 rings (SSSR count). The lowest BCUT2D eigenvalue weighted by atomic mass is 9.95. The van der Waals surface area contributed by atoms with Gasteiger partial charge in [-0.15, -0.1) is 24.0 Å². The van der Waals surface area contributed by atoms with E-state index in [9.17, 15) is 9.18 Å². The number of amides is 1. The third-order valence-corrected chi connectivity index (χ3v) is 4.28. The average molecular weight is 476 g/mol. The largest absolute Gasteiger partial charge is 0.357 e. The quantitative estimate of drug-likeness (QED) is 0.307. The van der Waals surface area contributed by atoms with E-state index in [1.54, 1.807) is 6.07 Å². The number of hydrogen-bond acceptors (Lipinski definition) is 2. The third-order valence-electron chi connectivity index (χ3n) is 4.28. The van der Waals surface area contributed by atoms with Gasteiger partial charge in [0.15, 0.2) is 5.96 Å². The average Bonchev–Trinajstić information content (AvgIpc) is 3.33. The van der Waals surface area contributed by atoms with E-state index in [2.05, 4.69) is 20.9 Å². The molecule has 5 nitrogen and oxygen atoms in total. The molecule has 0 spiro atoms. The molecule has 1 aromatic carbocycles. The van der Waals surface area contributed by atoms with Crippen molar-refractivity contribution in [3.63, 3.8) is 0 Å². The Balaban J connectivity index is 0.00000338. The van der Waals surface area contributed by atoms with Crippen LogP contribution in [-0.2, 0) is 10.2 Å². The third kappa shape index (κ3) is 6.74. The molecule has 0 bridgehead atoms. The van der Waals surface area contributed by atoms with Crippen molar-refractivity contribution in [1.29, 1.82) is 0 Å². The highest BCUT2D eigenvalue weighted by atomic mass is 127. The second-order valence-corrected chi connectivity index (χ2v) is 6.85. The van der Waals surface area contributed by atoms with Gasteiger partial charge >= 0.3 is 0 Å². The summed E-state index contributed by atoms with van der Waals surface area (Å²) in [4.78, 5) is 16.3. The first-order valence-corrected chi connectivity index (χ1v) is 9.03. The summed E-state index contributed by atoms with van der Waals surface area (Å²) in [6, 6.07) is 7.10. The van der Waals surface area contributed by atoms with Gasteiger partial charge in [-0.3, -0.25) is 9.79 Å². The Morgan fingerprint density at radius 3 is 2.54 bits per heavy atom. The molecule has 0 aliphatic heterocycles. The minimum absolute atomic E-state index is 0. The molecule has 1 aliphatic rings. The lowest BCUT2D eigenvalue weighted by molar-refractivity contribution is -0.121. The maximum atomic E-state index is 14.1. The molecule has 1 fully saturated rings. The Morgan fingerprint density at radius 2 is 1.96 bits per heavy atom. The van der Waals surface area contributed by atoms with Crippen LogP contribution in [0.5, 0.6) is 0 Å². The van der Waals surface area contributed by atoms with Crippen LogP contribution in [-0.4, -0.2) is 37.5 Å². The van der Waals surface area contributed by atoms with Crippen LogP contribution in [0.25, 0.3) is 0 Å². The number of rotatable bonds is 8. The number of hydrogen-bond donors (Lipinski definition) is 3. The van der Waals surface area contributed by atoms with Crippen molar-refractivity contribution in [3.05, 3.63) is 35.6 Å². The predicted octanol–water partition coefficient (Wildman–Crippen LogP) is 2.95. The normalized spacial score (nSPS) is 15.2.